The highest BCUT2D eigenvalue weighted by atomic mass is 127. The Balaban J connectivity index is 0.000000561. The highest BCUT2D eigenvalue weighted by Crippen LogP contribution is 2.13. The number of aliphatic hydroxyl groups is 1. The Hall–Kier alpha value is -0.350. The van der Waals surface area contributed by atoms with Crippen molar-refractivity contribution in [3.05, 3.63) is 49.1 Å². The van der Waals surface area contributed by atoms with Gasteiger partial charge in [-0.05, 0) is 5.56 Å². The van der Waals surface area contributed by atoms with E-state index in [1.165, 1.54) is 0 Å². The van der Waals surface area contributed by atoms with E-state index >= 15 is 0 Å². The summed E-state index contributed by atoms with van der Waals surface area (Å²) in [6.07, 6.45) is -0.304. The van der Waals surface area contributed by atoms with Crippen LogP contribution in [0, 0.1) is 0 Å². The van der Waals surface area contributed by atoms with Crippen molar-refractivity contribution in [1.82, 2.24) is 0 Å². The van der Waals surface area contributed by atoms with Crippen molar-refractivity contribution in [2.24, 2.45) is 0 Å². The first-order valence-electron chi connectivity index (χ1n) is 3.63. The molecule has 0 aliphatic rings. The van der Waals surface area contributed by atoms with Crippen LogP contribution in [0.25, 0.3) is 0 Å². The summed E-state index contributed by atoms with van der Waals surface area (Å²) in [6.45, 7) is 6.00. The first-order valence-corrected chi connectivity index (χ1v) is 5.16. The van der Waals surface area contributed by atoms with Crippen molar-refractivity contribution in [3.8, 4) is 0 Å². The molecule has 1 aromatic carbocycles. The molecule has 0 aliphatic heterocycles. The van der Waals surface area contributed by atoms with Crippen LogP contribution in [0.2, 0.25) is 0 Å². The molecule has 0 aliphatic carbocycles. The van der Waals surface area contributed by atoms with Crippen LogP contribution in [0.3, 0.4) is 0 Å². The van der Waals surface area contributed by atoms with E-state index in [0.717, 1.165) is 9.99 Å². The van der Waals surface area contributed by atoms with Crippen molar-refractivity contribution >= 4 is 22.6 Å². The molecular weight excluding hydrogens is 263 g/mol. The highest BCUT2D eigenvalue weighted by molar-refractivity contribution is 14.1. The van der Waals surface area contributed by atoms with Gasteiger partial charge in [-0.1, -0.05) is 52.9 Å². The van der Waals surface area contributed by atoms with E-state index in [-0.39, 0.29) is 6.10 Å². The minimum Gasteiger partial charge on any atom is -0.388 e. The van der Waals surface area contributed by atoms with Gasteiger partial charge in [-0.2, -0.15) is 0 Å². The van der Waals surface area contributed by atoms with E-state index in [2.05, 4.69) is 35.7 Å². The van der Waals surface area contributed by atoms with Gasteiger partial charge in [0.05, 0.1) is 6.10 Å². The molecule has 1 unspecified atom stereocenters. The standard InChI is InChI=1S/C8H9IO.C2H4/c9-6-8(10)7-4-2-1-3-5-7;1-2/h1-5,8,10H,6H2;1-2H2. The van der Waals surface area contributed by atoms with Crippen LogP contribution in [0.1, 0.15) is 11.7 Å². The Bertz CT molecular complexity index is 198. The summed E-state index contributed by atoms with van der Waals surface area (Å²) in [7, 11) is 0. The normalized spacial score (nSPS) is 11.2. The third-order valence-corrected chi connectivity index (χ3v) is 2.16. The van der Waals surface area contributed by atoms with Gasteiger partial charge in [-0.25, -0.2) is 0 Å². The first kappa shape index (κ1) is 11.6. The van der Waals surface area contributed by atoms with Crippen molar-refractivity contribution in [1.29, 1.82) is 0 Å². The number of alkyl halides is 1. The molecule has 2 heteroatoms. The van der Waals surface area contributed by atoms with Gasteiger partial charge in [0.25, 0.3) is 0 Å². The maximum Gasteiger partial charge on any atom is 0.0879 e. The van der Waals surface area contributed by atoms with E-state index in [9.17, 15) is 5.11 Å². The fourth-order valence-electron chi connectivity index (χ4n) is 0.764. The van der Waals surface area contributed by atoms with E-state index in [4.69, 9.17) is 0 Å². The molecule has 1 rings (SSSR count). The predicted molar refractivity (Wildman–Crippen MR) is 61.5 cm³/mol. The fourth-order valence-corrected chi connectivity index (χ4v) is 1.27. The zero-order valence-electron chi connectivity index (χ0n) is 6.91. The van der Waals surface area contributed by atoms with Gasteiger partial charge in [0.2, 0.25) is 0 Å². The van der Waals surface area contributed by atoms with Gasteiger partial charge < -0.3 is 5.11 Å². The number of aliphatic hydroxyl groups excluding tert-OH is 1. The quantitative estimate of drug-likeness (QED) is 0.500. The molecule has 0 amide bonds. The molecule has 0 saturated heterocycles. The van der Waals surface area contributed by atoms with Crippen LogP contribution in [0.15, 0.2) is 43.5 Å². The largest absolute Gasteiger partial charge is 0.388 e. The van der Waals surface area contributed by atoms with Crippen LogP contribution >= 0.6 is 22.6 Å². The Morgan fingerprint density at radius 3 is 2.17 bits per heavy atom. The monoisotopic (exact) mass is 276 g/mol. The molecule has 1 nitrogen and oxygen atoms in total. The minimum atomic E-state index is -0.304. The zero-order chi connectivity index (χ0) is 9.40. The van der Waals surface area contributed by atoms with Crippen molar-refractivity contribution < 1.29 is 5.11 Å². The molecule has 0 heterocycles. The van der Waals surface area contributed by atoms with Gasteiger partial charge in [0.1, 0.15) is 0 Å². The smallest absolute Gasteiger partial charge is 0.0879 e. The summed E-state index contributed by atoms with van der Waals surface area (Å²) >= 11 is 2.17. The zero-order valence-corrected chi connectivity index (χ0v) is 9.07. The Labute approximate surface area is 87.3 Å². The van der Waals surface area contributed by atoms with Crippen LogP contribution < -0.4 is 0 Å². The Kier molecular flexibility index (Phi) is 7.09. The minimum absolute atomic E-state index is 0.304. The highest BCUT2D eigenvalue weighted by Gasteiger charge is 2.01. The van der Waals surface area contributed by atoms with Crippen molar-refractivity contribution in [2.75, 3.05) is 4.43 Å². The molecule has 0 bridgehead atoms. The second kappa shape index (κ2) is 7.31. The number of hydrogen-bond donors (Lipinski definition) is 1. The number of hydrogen-bond acceptors (Lipinski definition) is 1. The summed E-state index contributed by atoms with van der Waals surface area (Å²) in [5.74, 6) is 0. The van der Waals surface area contributed by atoms with E-state index in [1.807, 2.05) is 30.3 Å². The SMILES string of the molecule is C=C.OC(CI)c1ccccc1. The summed E-state index contributed by atoms with van der Waals surface area (Å²) in [6, 6.07) is 9.69. The second-order valence-electron chi connectivity index (χ2n) is 2.08. The Morgan fingerprint density at radius 2 is 1.75 bits per heavy atom. The molecule has 0 saturated carbocycles. The Morgan fingerprint density at radius 1 is 1.25 bits per heavy atom. The number of benzene rings is 1. The lowest BCUT2D eigenvalue weighted by molar-refractivity contribution is 0.207. The molecule has 0 spiro atoms. The maximum absolute atomic E-state index is 9.32. The third kappa shape index (κ3) is 3.88. The van der Waals surface area contributed by atoms with Crippen molar-refractivity contribution in [3.63, 3.8) is 0 Å². The van der Waals surface area contributed by atoms with Gasteiger partial charge >= 0.3 is 0 Å². The van der Waals surface area contributed by atoms with Crippen LogP contribution in [0.4, 0.5) is 0 Å². The molecule has 1 atom stereocenters. The molecule has 0 aromatic heterocycles. The van der Waals surface area contributed by atoms with Gasteiger partial charge in [-0.15, -0.1) is 13.2 Å². The maximum atomic E-state index is 9.32. The molecular formula is C10H13IO. The van der Waals surface area contributed by atoms with Gasteiger partial charge in [0.15, 0.2) is 0 Å². The average molecular weight is 276 g/mol. The lowest BCUT2D eigenvalue weighted by atomic mass is 10.1. The fraction of sp³-hybridized carbons (Fsp3) is 0.200. The van der Waals surface area contributed by atoms with Crippen LogP contribution in [0.5, 0.6) is 0 Å². The third-order valence-electron chi connectivity index (χ3n) is 1.33. The average Bonchev–Trinajstić information content (AvgIpc) is 2.21. The molecule has 0 radical (unpaired) electrons. The predicted octanol–water partition coefficient (Wildman–Crippen LogP) is 2.96. The summed E-state index contributed by atoms with van der Waals surface area (Å²) in [5.41, 5.74) is 0.997. The molecule has 0 fully saturated rings. The number of halogens is 1. The lowest BCUT2D eigenvalue weighted by Gasteiger charge is -2.04. The topological polar surface area (TPSA) is 20.2 Å². The van der Waals surface area contributed by atoms with E-state index in [0.29, 0.717) is 0 Å². The van der Waals surface area contributed by atoms with Gasteiger partial charge in [-0.3, -0.25) is 0 Å². The summed E-state index contributed by atoms with van der Waals surface area (Å²) < 4.78 is 0.752. The first-order chi connectivity index (χ1) is 5.84. The molecule has 1 aromatic rings. The van der Waals surface area contributed by atoms with E-state index < -0.39 is 0 Å². The summed E-state index contributed by atoms with van der Waals surface area (Å²) in [5, 5.41) is 9.32. The second-order valence-corrected chi connectivity index (χ2v) is 2.96. The summed E-state index contributed by atoms with van der Waals surface area (Å²) in [4.78, 5) is 0. The number of rotatable bonds is 2. The molecule has 66 valence electrons. The molecule has 1 N–H and O–H groups in total. The lowest BCUT2D eigenvalue weighted by Crippen LogP contribution is -1.96. The molecule has 12 heavy (non-hydrogen) atoms. The van der Waals surface area contributed by atoms with Crippen LogP contribution in [-0.2, 0) is 0 Å². The van der Waals surface area contributed by atoms with Gasteiger partial charge in [0, 0.05) is 4.43 Å². The van der Waals surface area contributed by atoms with E-state index in [1.54, 1.807) is 0 Å². The van der Waals surface area contributed by atoms with Crippen molar-refractivity contribution in [2.45, 2.75) is 6.10 Å². The van der Waals surface area contributed by atoms with Crippen LogP contribution in [-0.4, -0.2) is 9.53 Å².